The molecule has 0 aromatic heterocycles. The van der Waals surface area contributed by atoms with Gasteiger partial charge in [-0.3, -0.25) is 0 Å². The predicted molar refractivity (Wildman–Crippen MR) is 142 cm³/mol. The van der Waals surface area contributed by atoms with Crippen LogP contribution in [0.25, 0.3) is 0 Å². The Kier molecular flexibility index (Phi) is 6.13. The highest BCUT2D eigenvalue weighted by molar-refractivity contribution is 5.64. The molecule has 0 bridgehead atoms. The van der Waals surface area contributed by atoms with E-state index in [2.05, 4.69) is 0 Å². The first-order valence-corrected chi connectivity index (χ1v) is 12.7. The van der Waals surface area contributed by atoms with Gasteiger partial charge in [0.25, 0.3) is 0 Å². The van der Waals surface area contributed by atoms with Crippen LogP contribution in [0.5, 0.6) is 51.7 Å². The van der Waals surface area contributed by atoms with E-state index >= 15 is 0 Å². The highest BCUT2D eigenvalue weighted by Gasteiger charge is 2.45. The second kappa shape index (κ2) is 9.58. The van der Waals surface area contributed by atoms with Crippen LogP contribution in [0.1, 0.15) is 45.9 Å². The van der Waals surface area contributed by atoms with Crippen molar-refractivity contribution < 1.29 is 55.4 Å². The highest BCUT2D eigenvalue weighted by atomic mass is 16.5. The Morgan fingerprint density at radius 2 is 1.20 bits per heavy atom. The highest BCUT2D eigenvalue weighted by Crippen LogP contribution is 2.55. The smallest absolute Gasteiger partial charge is 0.157 e. The summed E-state index contributed by atoms with van der Waals surface area (Å²) in [5, 5.41) is 94.1. The fourth-order valence-corrected chi connectivity index (χ4v) is 5.59. The summed E-state index contributed by atoms with van der Waals surface area (Å²) in [6.45, 7) is 0. The van der Waals surface area contributed by atoms with Gasteiger partial charge in [0.1, 0.15) is 41.0 Å². The monoisotopic (exact) mass is 562 g/mol. The molecule has 5 atom stereocenters. The number of fused-ring (bicyclic) bond motifs is 2. The Bertz CT molecular complexity index is 1670. The van der Waals surface area contributed by atoms with Crippen molar-refractivity contribution in [2.45, 2.75) is 36.8 Å². The van der Waals surface area contributed by atoms with Gasteiger partial charge < -0.3 is 55.4 Å². The summed E-state index contributed by atoms with van der Waals surface area (Å²) in [5.41, 5.74) is 1.14. The number of hydrogen-bond donors (Lipinski definition) is 9. The Labute approximate surface area is 232 Å². The number of aliphatic hydroxyl groups excluding tert-OH is 2. The zero-order valence-corrected chi connectivity index (χ0v) is 21.2. The van der Waals surface area contributed by atoms with Gasteiger partial charge in [-0.15, -0.1) is 0 Å². The number of aromatic hydroxyl groups is 7. The molecule has 11 nitrogen and oxygen atoms in total. The third kappa shape index (κ3) is 4.31. The average molecular weight is 563 g/mol. The topological polar surface area (TPSA) is 201 Å². The van der Waals surface area contributed by atoms with Crippen LogP contribution in [0.2, 0.25) is 0 Å². The van der Waals surface area contributed by atoms with Crippen molar-refractivity contribution in [3.05, 3.63) is 88.5 Å². The number of phenols is 7. The summed E-state index contributed by atoms with van der Waals surface area (Å²) in [5.74, 6) is -3.34. The van der Waals surface area contributed by atoms with Crippen molar-refractivity contribution in [2.75, 3.05) is 0 Å². The number of ether oxygens (including phenoxy) is 2. The first-order valence-electron chi connectivity index (χ1n) is 12.7. The zero-order chi connectivity index (χ0) is 29.2. The fraction of sp³-hybridized carbons (Fsp3) is 0.200. The minimum atomic E-state index is -1.44. The molecule has 212 valence electrons. The first-order chi connectivity index (χ1) is 19.5. The maximum atomic E-state index is 11.6. The molecule has 0 unspecified atom stereocenters. The third-order valence-electron chi connectivity index (χ3n) is 7.60. The van der Waals surface area contributed by atoms with Crippen LogP contribution in [0.3, 0.4) is 0 Å². The van der Waals surface area contributed by atoms with Gasteiger partial charge in [-0.05, 0) is 41.5 Å². The molecule has 41 heavy (non-hydrogen) atoms. The maximum Gasteiger partial charge on any atom is 0.157 e. The van der Waals surface area contributed by atoms with Gasteiger partial charge >= 0.3 is 0 Å². The summed E-state index contributed by atoms with van der Waals surface area (Å²) in [6.07, 6.45) is -4.81. The molecule has 0 fully saturated rings. The van der Waals surface area contributed by atoms with Gasteiger partial charge in [0, 0.05) is 41.2 Å². The normalized spacial score (nSPS) is 23.1. The summed E-state index contributed by atoms with van der Waals surface area (Å²) in [4.78, 5) is 0. The van der Waals surface area contributed by atoms with Gasteiger partial charge in [0.2, 0.25) is 0 Å². The summed E-state index contributed by atoms with van der Waals surface area (Å²) in [7, 11) is 0. The molecular weight excluding hydrogens is 536 g/mol. The van der Waals surface area contributed by atoms with E-state index in [-0.39, 0.29) is 68.9 Å². The maximum absolute atomic E-state index is 11.6. The Balaban J connectivity index is 1.50. The van der Waals surface area contributed by atoms with E-state index < -0.39 is 41.8 Å². The molecule has 2 aliphatic rings. The van der Waals surface area contributed by atoms with E-state index in [1.54, 1.807) is 0 Å². The third-order valence-corrected chi connectivity index (χ3v) is 7.60. The molecule has 6 rings (SSSR count). The Hall–Kier alpha value is -5.00. The van der Waals surface area contributed by atoms with Crippen molar-refractivity contribution in [1.29, 1.82) is 0 Å². The summed E-state index contributed by atoms with van der Waals surface area (Å²) < 4.78 is 12.2. The lowest BCUT2D eigenvalue weighted by molar-refractivity contribution is 0.00308. The van der Waals surface area contributed by atoms with Crippen molar-refractivity contribution in [1.82, 2.24) is 0 Å². The molecule has 11 heteroatoms. The van der Waals surface area contributed by atoms with Gasteiger partial charge in [0.15, 0.2) is 29.1 Å². The molecule has 0 radical (unpaired) electrons. The van der Waals surface area contributed by atoms with Crippen LogP contribution < -0.4 is 9.47 Å². The molecule has 4 aromatic rings. The lowest BCUT2D eigenvalue weighted by atomic mass is 9.78. The lowest BCUT2D eigenvalue weighted by Gasteiger charge is -2.40. The van der Waals surface area contributed by atoms with Crippen LogP contribution in [0.4, 0.5) is 0 Å². The second-order valence-electron chi connectivity index (χ2n) is 10.2. The lowest BCUT2D eigenvalue weighted by Crippen LogP contribution is -2.36. The fourth-order valence-electron chi connectivity index (χ4n) is 5.59. The summed E-state index contributed by atoms with van der Waals surface area (Å²) in [6, 6.07) is 13.2. The Morgan fingerprint density at radius 3 is 1.80 bits per heavy atom. The minimum Gasteiger partial charge on any atom is -0.508 e. The largest absolute Gasteiger partial charge is 0.508 e. The molecular formula is C30H26O11. The van der Waals surface area contributed by atoms with E-state index in [4.69, 9.17) is 9.47 Å². The molecule has 0 saturated heterocycles. The van der Waals surface area contributed by atoms with E-state index in [9.17, 15) is 46.0 Å². The zero-order valence-electron chi connectivity index (χ0n) is 21.2. The molecule has 4 aromatic carbocycles. The number of aliphatic hydroxyl groups is 2. The van der Waals surface area contributed by atoms with Crippen molar-refractivity contribution in [3.8, 4) is 51.7 Å². The average Bonchev–Trinajstić information content (AvgIpc) is 2.93. The molecule has 0 spiro atoms. The molecule has 2 aliphatic heterocycles. The number of rotatable bonds is 3. The van der Waals surface area contributed by atoms with Crippen LogP contribution >= 0.6 is 0 Å². The molecule has 0 saturated carbocycles. The van der Waals surface area contributed by atoms with E-state index in [0.717, 1.165) is 6.07 Å². The van der Waals surface area contributed by atoms with Crippen molar-refractivity contribution >= 4 is 0 Å². The SMILES string of the molecule is Oc1ccc([C@H]2c3c(cc4c(c3O)C[C@@H](O)[C@@H](c3ccc(O)c(O)c3)O4)O[C@H](c3ccc(O)c(O)c3)[C@H]2O)c(O)c1. The predicted octanol–water partition coefficient (Wildman–Crippen LogP) is 3.29. The number of hydrogen-bond acceptors (Lipinski definition) is 11. The van der Waals surface area contributed by atoms with Gasteiger partial charge in [-0.25, -0.2) is 0 Å². The molecule has 9 N–H and O–H groups in total. The second-order valence-corrected chi connectivity index (χ2v) is 10.2. The van der Waals surface area contributed by atoms with E-state index in [0.29, 0.717) is 5.56 Å². The van der Waals surface area contributed by atoms with Crippen molar-refractivity contribution in [2.24, 2.45) is 0 Å². The molecule has 0 amide bonds. The standard InChI is InChI=1S/C30H26O11/c31-14-3-4-15(19(34)9-14)25-26-24(41-30(28(25)39)13-2-6-18(33)21(36)8-13)11-23-16(27(26)38)10-22(37)29(40-23)12-1-5-17(32)20(35)7-12/h1-9,11,22,25,28-39H,10H2/t22-,25+,28+,29-,30-/m1/s1. The van der Waals surface area contributed by atoms with Gasteiger partial charge in [-0.1, -0.05) is 18.2 Å². The van der Waals surface area contributed by atoms with Crippen molar-refractivity contribution in [3.63, 3.8) is 0 Å². The summed E-state index contributed by atoms with van der Waals surface area (Å²) >= 11 is 0. The van der Waals surface area contributed by atoms with Crippen LogP contribution in [-0.2, 0) is 6.42 Å². The van der Waals surface area contributed by atoms with E-state index in [1.165, 1.54) is 54.6 Å². The van der Waals surface area contributed by atoms with Crippen LogP contribution in [0.15, 0.2) is 60.7 Å². The number of benzene rings is 4. The minimum absolute atomic E-state index is 0.0743. The Morgan fingerprint density at radius 1 is 0.585 bits per heavy atom. The van der Waals surface area contributed by atoms with Crippen LogP contribution in [0, 0.1) is 0 Å². The first kappa shape index (κ1) is 26.2. The van der Waals surface area contributed by atoms with Gasteiger partial charge in [-0.2, -0.15) is 0 Å². The quantitative estimate of drug-likeness (QED) is 0.166. The van der Waals surface area contributed by atoms with E-state index in [1.807, 2.05) is 0 Å². The van der Waals surface area contributed by atoms with Gasteiger partial charge in [0.05, 0.1) is 6.10 Å². The number of phenolic OH excluding ortho intramolecular Hbond substituents is 7. The van der Waals surface area contributed by atoms with Crippen LogP contribution in [-0.4, -0.2) is 58.2 Å². The molecule has 0 aliphatic carbocycles. The molecule has 2 heterocycles.